The summed E-state index contributed by atoms with van der Waals surface area (Å²) in [6.07, 6.45) is 1.55. The molecule has 0 fully saturated rings. The number of ketones is 1. The van der Waals surface area contributed by atoms with Crippen LogP contribution in [0.2, 0.25) is 0 Å². The zero-order valence-corrected chi connectivity index (χ0v) is 14.8. The Bertz CT molecular complexity index is 1040. The number of Topliss-reactive ketones (excluding diaryl/α,β-unsaturated/α-hetero) is 1. The maximum Gasteiger partial charge on any atom is 0.294 e. The minimum absolute atomic E-state index is 0.0515. The molecule has 27 heavy (non-hydrogen) atoms. The molecule has 2 N–H and O–H groups in total. The molecule has 0 spiro atoms. The monoisotopic (exact) mass is 378 g/mol. The average Bonchev–Trinajstić information content (AvgIpc) is 3.31. The quantitative estimate of drug-likeness (QED) is 0.677. The number of aromatic hydroxyl groups is 1. The van der Waals surface area contributed by atoms with Crippen molar-refractivity contribution in [3.63, 3.8) is 0 Å². The smallest absolute Gasteiger partial charge is 0.294 e. The summed E-state index contributed by atoms with van der Waals surface area (Å²) in [6.45, 7) is 0. The zero-order valence-electron chi connectivity index (χ0n) is 13.9. The number of phenols is 1. The number of phenolic OH excluding ortho intramolecular Hbond substituents is 1. The molecule has 0 saturated heterocycles. The van der Waals surface area contributed by atoms with Crippen LogP contribution in [-0.2, 0) is 4.79 Å². The number of rotatable bonds is 4. The third-order valence-corrected chi connectivity index (χ3v) is 5.18. The fourth-order valence-electron chi connectivity index (χ4n) is 3.11. The van der Waals surface area contributed by atoms with Gasteiger partial charge in [0.05, 0.1) is 21.8 Å². The summed E-state index contributed by atoms with van der Waals surface area (Å²) in [5.41, 5.74) is 0.557. The molecule has 3 aromatic rings. The predicted molar refractivity (Wildman–Crippen MR) is 101 cm³/mol. The minimum Gasteiger partial charge on any atom is -0.506 e. The normalized spacial score (nSPS) is 16.8. The molecule has 1 atom stereocenters. The van der Waals surface area contributed by atoms with Gasteiger partial charge in [-0.1, -0.05) is 24.3 Å². The molecule has 4 rings (SSSR count). The minimum atomic E-state index is -0.943. The number of carbonyl (C=O) groups is 2. The van der Waals surface area contributed by atoms with Crippen LogP contribution in [0.15, 0.2) is 77.5 Å². The lowest BCUT2D eigenvalue weighted by atomic mass is 9.98. The molecular weight excluding hydrogens is 364 g/mol. The first-order valence-corrected chi connectivity index (χ1v) is 9.01. The topological polar surface area (TPSA) is 90.7 Å². The summed E-state index contributed by atoms with van der Waals surface area (Å²) in [5, 5.41) is 22.5. The Kier molecular flexibility index (Phi) is 4.21. The van der Waals surface area contributed by atoms with Crippen LogP contribution in [0.5, 0.6) is 5.75 Å². The lowest BCUT2D eigenvalue weighted by Gasteiger charge is -2.26. The van der Waals surface area contributed by atoms with Gasteiger partial charge in [0.1, 0.15) is 11.8 Å². The van der Waals surface area contributed by atoms with Crippen molar-refractivity contribution in [2.75, 3.05) is 4.90 Å². The predicted octanol–water partition coefficient (Wildman–Crippen LogP) is 3.63. The Balaban J connectivity index is 1.91. The lowest BCUT2D eigenvalue weighted by molar-refractivity contribution is -0.117. The van der Waals surface area contributed by atoms with Crippen molar-refractivity contribution in [3.8, 4) is 5.75 Å². The molecule has 2 aromatic heterocycles. The van der Waals surface area contributed by atoms with Crippen LogP contribution in [0, 0.1) is 0 Å². The van der Waals surface area contributed by atoms with Crippen LogP contribution in [0.4, 0.5) is 5.69 Å². The molecule has 1 aliphatic rings. The molecule has 0 aliphatic carbocycles. The summed E-state index contributed by atoms with van der Waals surface area (Å²) in [4.78, 5) is 31.8. The van der Waals surface area contributed by atoms with Crippen LogP contribution in [-0.4, -0.2) is 26.9 Å². The lowest BCUT2D eigenvalue weighted by Crippen LogP contribution is -2.31. The highest BCUT2D eigenvalue weighted by Crippen LogP contribution is 2.44. The zero-order chi connectivity index (χ0) is 19.0. The molecule has 0 saturated carbocycles. The van der Waals surface area contributed by atoms with Gasteiger partial charge in [-0.3, -0.25) is 19.5 Å². The first kappa shape index (κ1) is 17.0. The van der Waals surface area contributed by atoms with Gasteiger partial charge in [0, 0.05) is 6.20 Å². The largest absolute Gasteiger partial charge is 0.506 e. The molecule has 6 nitrogen and oxygen atoms in total. The van der Waals surface area contributed by atoms with Crippen LogP contribution >= 0.6 is 11.3 Å². The van der Waals surface area contributed by atoms with Gasteiger partial charge < -0.3 is 10.2 Å². The third-order valence-electron chi connectivity index (χ3n) is 4.31. The van der Waals surface area contributed by atoms with Crippen molar-refractivity contribution < 1.29 is 19.8 Å². The number of hydrogen-bond acceptors (Lipinski definition) is 6. The second-order valence-corrected chi connectivity index (χ2v) is 6.84. The molecule has 1 aromatic carbocycles. The van der Waals surface area contributed by atoms with Crippen molar-refractivity contribution >= 4 is 28.7 Å². The number of aromatic nitrogens is 1. The highest BCUT2D eigenvalue weighted by molar-refractivity contribution is 7.12. The van der Waals surface area contributed by atoms with Crippen LogP contribution in [0.3, 0.4) is 0 Å². The van der Waals surface area contributed by atoms with Crippen molar-refractivity contribution in [2.24, 2.45) is 0 Å². The van der Waals surface area contributed by atoms with Gasteiger partial charge in [-0.05, 0) is 35.7 Å². The molecule has 134 valence electrons. The van der Waals surface area contributed by atoms with Crippen LogP contribution in [0.25, 0.3) is 0 Å². The van der Waals surface area contributed by atoms with Gasteiger partial charge in [-0.25, -0.2) is 0 Å². The van der Waals surface area contributed by atoms with E-state index >= 15 is 0 Å². The molecule has 0 radical (unpaired) electrons. The van der Waals surface area contributed by atoms with E-state index in [1.54, 1.807) is 60.1 Å². The van der Waals surface area contributed by atoms with Crippen LogP contribution in [0.1, 0.15) is 21.4 Å². The van der Waals surface area contributed by atoms with E-state index in [2.05, 4.69) is 4.98 Å². The number of anilines is 1. The Morgan fingerprint density at radius 3 is 2.48 bits per heavy atom. The molecule has 1 unspecified atom stereocenters. The van der Waals surface area contributed by atoms with Crippen molar-refractivity contribution in [2.45, 2.75) is 6.04 Å². The van der Waals surface area contributed by atoms with Gasteiger partial charge in [0.25, 0.3) is 5.91 Å². The first-order valence-electron chi connectivity index (χ1n) is 8.13. The van der Waals surface area contributed by atoms with E-state index in [0.717, 1.165) is 0 Å². The van der Waals surface area contributed by atoms with E-state index in [4.69, 9.17) is 0 Å². The Morgan fingerprint density at radius 1 is 1.04 bits per heavy atom. The van der Waals surface area contributed by atoms with E-state index in [-0.39, 0.29) is 17.0 Å². The second-order valence-electron chi connectivity index (χ2n) is 5.89. The highest BCUT2D eigenvalue weighted by atomic mass is 32.1. The highest BCUT2D eigenvalue weighted by Gasteiger charge is 2.46. The fourth-order valence-corrected chi connectivity index (χ4v) is 3.79. The van der Waals surface area contributed by atoms with E-state index in [9.17, 15) is 19.8 Å². The number of nitrogens with zero attached hydrogens (tertiary/aromatic N) is 2. The Labute approximate surface area is 158 Å². The first-order chi connectivity index (χ1) is 13.1. The molecule has 3 heterocycles. The number of aliphatic hydroxyl groups excluding tert-OH is 1. The standard InChI is InChI=1S/C20H14N2O4S/c23-14-8-2-1-7-13(14)22-17(12-6-3-4-10-21-12)16(19(25)20(22)26)18(24)15-9-5-11-27-15/h1-11,17,23,25H. The summed E-state index contributed by atoms with van der Waals surface area (Å²) in [6, 6.07) is 13.8. The van der Waals surface area contributed by atoms with E-state index in [1.165, 1.54) is 22.3 Å². The maximum atomic E-state index is 13.0. The fraction of sp³-hybridized carbons (Fsp3) is 0.0500. The third kappa shape index (κ3) is 2.78. The summed E-state index contributed by atoms with van der Waals surface area (Å²) >= 11 is 1.22. The number of benzene rings is 1. The molecule has 1 amide bonds. The number of hydrogen-bond donors (Lipinski definition) is 2. The van der Waals surface area contributed by atoms with Crippen molar-refractivity contribution in [1.29, 1.82) is 0 Å². The number of carbonyl (C=O) groups excluding carboxylic acids is 2. The molecular formula is C20H14N2O4S. The maximum absolute atomic E-state index is 13.0. The number of aliphatic hydroxyl groups is 1. The van der Waals surface area contributed by atoms with Crippen molar-refractivity contribution in [1.82, 2.24) is 4.98 Å². The summed E-state index contributed by atoms with van der Waals surface area (Å²) in [5.74, 6) is -1.96. The summed E-state index contributed by atoms with van der Waals surface area (Å²) < 4.78 is 0. The number of thiophene rings is 1. The van der Waals surface area contributed by atoms with Crippen LogP contribution < -0.4 is 4.90 Å². The van der Waals surface area contributed by atoms with Gasteiger partial charge in [0.15, 0.2) is 5.76 Å². The Hall–Kier alpha value is -3.45. The Morgan fingerprint density at radius 2 is 1.81 bits per heavy atom. The van der Waals surface area contributed by atoms with E-state index < -0.39 is 23.5 Å². The number of para-hydroxylation sites is 2. The van der Waals surface area contributed by atoms with Gasteiger partial charge in [-0.15, -0.1) is 11.3 Å². The summed E-state index contributed by atoms with van der Waals surface area (Å²) in [7, 11) is 0. The SMILES string of the molecule is O=C(C1=C(O)C(=O)N(c2ccccc2O)C1c1ccccn1)c1cccs1. The van der Waals surface area contributed by atoms with Gasteiger partial charge in [0.2, 0.25) is 5.78 Å². The molecule has 1 aliphatic heterocycles. The number of amides is 1. The van der Waals surface area contributed by atoms with E-state index in [0.29, 0.717) is 10.6 Å². The molecule has 7 heteroatoms. The molecule has 0 bridgehead atoms. The number of pyridine rings is 1. The second kappa shape index (κ2) is 6.69. The van der Waals surface area contributed by atoms with Crippen molar-refractivity contribution in [3.05, 3.63) is 88.1 Å². The van der Waals surface area contributed by atoms with Gasteiger partial charge >= 0.3 is 0 Å². The van der Waals surface area contributed by atoms with E-state index in [1.807, 2.05) is 0 Å². The average molecular weight is 378 g/mol. The van der Waals surface area contributed by atoms with Gasteiger partial charge in [-0.2, -0.15) is 0 Å².